The molecule has 12 aromatic rings. The molecule has 0 unspecified atom stereocenters. The van der Waals surface area contributed by atoms with Crippen molar-refractivity contribution in [3.05, 3.63) is 251 Å². The fourth-order valence-corrected chi connectivity index (χ4v) is 12.4. The third kappa shape index (κ3) is 6.27. The summed E-state index contributed by atoms with van der Waals surface area (Å²) in [5, 5.41) is 5.09. The van der Waals surface area contributed by atoms with Gasteiger partial charge in [0.1, 0.15) is 0 Å². The summed E-state index contributed by atoms with van der Waals surface area (Å²) in [6.07, 6.45) is 4.47. The number of hydrogen-bond acceptors (Lipinski definition) is 0. The van der Waals surface area contributed by atoms with Crippen molar-refractivity contribution in [2.75, 3.05) is 0 Å². The second-order valence-electron chi connectivity index (χ2n) is 21.1. The van der Waals surface area contributed by atoms with Gasteiger partial charge in [-0.05, 0) is 170 Å². The summed E-state index contributed by atoms with van der Waals surface area (Å²) in [5.74, 6) is 0. The largest absolute Gasteiger partial charge is 0.309 e. The van der Waals surface area contributed by atoms with Gasteiger partial charge in [-0.2, -0.15) is 0 Å². The minimum absolute atomic E-state index is 0.146. The first-order valence-electron chi connectivity index (χ1n) is 25.1. The van der Waals surface area contributed by atoms with Crippen molar-refractivity contribution in [3.8, 4) is 55.9 Å². The van der Waals surface area contributed by atoms with E-state index in [1.54, 1.807) is 0 Å². The van der Waals surface area contributed by atoms with Gasteiger partial charge in [0, 0.05) is 43.7 Å². The van der Waals surface area contributed by atoms with E-state index in [-0.39, 0.29) is 10.8 Å². The van der Waals surface area contributed by atoms with E-state index in [2.05, 4.69) is 268 Å². The van der Waals surface area contributed by atoms with Gasteiger partial charge < -0.3 is 9.13 Å². The van der Waals surface area contributed by atoms with Gasteiger partial charge in [0.05, 0.1) is 22.1 Å². The van der Waals surface area contributed by atoms with Crippen LogP contribution in [-0.4, -0.2) is 9.13 Å². The third-order valence-electron chi connectivity index (χ3n) is 16.2. The van der Waals surface area contributed by atoms with E-state index in [4.69, 9.17) is 0 Å². The molecular formula is C69H52N2. The van der Waals surface area contributed by atoms with Gasteiger partial charge in [-0.1, -0.05) is 173 Å². The van der Waals surface area contributed by atoms with Gasteiger partial charge in [-0.15, -0.1) is 0 Å². The molecule has 0 aliphatic heterocycles. The highest BCUT2D eigenvalue weighted by Gasteiger charge is 2.42. The molecule has 0 saturated carbocycles. The maximum atomic E-state index is 2.53. The normalized spacial score (nSPS) is 14.2. The molecule has 0 radical (unpaired) electrons. The van der Waals surface area contributed by atoms with Crippen LogP contribution in [0.4, 0.5) is 0 Å². The number of para-hydroxylation sites is 3. The number of rotatable bonds is 6. The standard InChI is InChI=1S/C69H52N2/c1-43-19-31-51(32-20-43)71-65-18-12-10-16-55(65)59-38-47(30-36-67(59)71)49-29-34-53-57-42-62-56(41-63(57)69(4,5)61(53)40-49)52-33-28-48(39-60(52)68(62,2)3)46-26-23-44(24-27-46)21-22-45-25-35-66-58(37-45)54-15-9-11-17-64(54)70(66)50-13-7-6-8-14-50/h6-42H,1-5H3. The van der Waals surface area contributed by atoms with Crippen molar-refractivity contribution >= 4 is 55.8 Å². The maximum Gasteiger partial charge on any atom is 0.0541 e. The van der Waals surface area contributed by atoms with Crippen LogP contribution in [-0.2, 0) is 10.8 Å². The van der Waals surface area contributed by atoms with Crippen molar-refractivity contribution in [3.63, 3.8) is 0 Å². The SMILES string of the molecule is Cc1ccc(-n2c3ccccc3c3cc(-c4ccc5c(c4)C(C)(C)c4cc6c(cc4-5)C(C)(C)c4cc(-c5ccc(C=Cc7ccc8c(c7)c7ccccc7n8-c7ccccc7)cc5)ccc4-6)ccc32)cc1. The van der Waals surface area contributed by atoms with Crippen molar-refractivity contribution < 1.29 is 0 Å². The van der Waals surface area contributed by atoms with Gasteiger partial charge in [-0.25, -0.2) is 0 Å². The average Bonchev–Trinajstić information content (AvgIpc) is 4.06. The van der Waals surface area contributed by atoms with E-state index in [0.717, 1.165) is 0 Å². The van der Waals surface area contributed by atoms with Gasteiger partial charge in [-0.3, -0.25) is 0 Å². The van der Waals surface area contributed by atoms with Crippen molar-refractivity contribution in [2.45, 2.75) is 45.4 Å². The molecule has 0 spiro atoms. The van der Waals surface area contributed by atoms with Crippen molar-refractivity contribution in [1.29, 1.82) is 0 Å². The van der Waals surface area contributed by atoms with Gasteiger partial charge in [0.25, 0.3) is 0 Å². The molecule has 71 heavy (non-hydrogen) atoms. The topological polar surface area (TPSA) is 9.86 Å². The highest BCUT2D eigenvalue weighted by atomic mass is 15.0. The molecule has 0 amide bonds. The predicted octanol–water partition coefficient (Wildman–Crippen LogP) is 18.3. The Morgan fingerprint density at radius 1 is 0.310 bits per heavy atom. The van der Waals surface area contributed by atoms with Crippen LogP contribution >= 0.6 is 0 Å². The third-order valence-corrected chi connectivity index (χ3v) is 16.2. The highest BCUT2D eigenvalue weighted by Crippen LogP contribution is 2.57. The molecule has 2 nitrogen and oxygen atoms in total. The Bertz CT molecular complexity index is 4190. The lowest BCUT2D eigenvalue weighted by Gasteiger charge is -2.24. The second-order valence-corrected chi connectivity index (χ2v) is 21.1. The zero-order valence-corrected chi connectivity index (χ0v) is 40.8. The van der Waals surface area contributed by atoms with Crippen LogP contribution < -0.4 is 0 Å². The van der Waals surface area contributed by atoms with E-state index in [0.29, 0.717) is 0 Å². The van der Waals surface area contributed by atoms with Gasteiger partial charge in [0.2, 0.25) is 0 Å². The average molecular weight is 909 g/mol. The number of benzene rings is 10. The maximum absolute atomic E-state index is 2.53. The quantitative estimate of drug-likeness (QED) is 0.147. The van der Waals surface area contributed by atoms with E-state index in [1.807, 2.05) is 0 Å². The first-order chi connectivity index (χ1) is 34.6. The number of aryl methyl sites for hydroxylation is 1. The monoisotopic (exact) mass is 908 g/mol. The van der Waals surface area contributed by atoms with Crippen LogP contribution in [0.15, 0.2) is 212 Å². The second kappa shape index (κ2) is 15.3. The van der Waals surface area contributed by atoms with E-state index in [1.165, 1.54) is 138 Å². The Morgan fingerprint density at radius 3 is 1.34 bits per heavy atom. The van der Waals surface area contributed by atoms with Crippen molar-refractivity contribution in [2.24, 2.45) is 0 Å². The van der Waals surface area contributed by atoms with Crippen LogP contribution in [0, 0.1) is 6.92 Å². The lowest BCUT2D eigenvalue weighted by Crippen LogP contribution is -2.17. The summed E-state index contributed by atoms with van der Waals surface area (Å²) >= 11 is 0. The molecule has 0 bridgehead atoms. The minimum atomic E-state index is -0.153. The molecule has 14 rings (SSSR count). The smallest absolute Gasteiger partial charge is 0.0541 e. The predicted molar refractivity (Wildman–Crippen MR) is 301 cm³/mol. The van der Waals surface area contributed by atoms with Crippen LogP contribution in [0.3, 0.4) is 0 Å². The number of fused-ring (bicyclic) bond motifs is 12. The molecule has 2 heteroatoms. The molecule has 0 atom stereocenters. The van der Waals surface area contributed by atoms with E-state index < -0.39 is 0 Å². The fourth-order valence-electron chi connectivity index (χ4n) is 12.4. The molecule has 2 aromatic heterocycles. The van der Waals surface area contributed by atoms with E-state index >= 15 is 0 Å². The lowest BCUT2D eigenvalue weighted by molar-refractivity contribution is 0.652. The summed E-state index contributed by atoms with van der Waals surface area (Å²) in [7, 11) is 0. The Morgan fingerprint density at radius 2 is 0.732 bits per heavy atom. The molecule has 10 aromatic carbocycles. The molecule has 2 heterocycles. The first-order valence-corrected chi connectivity index (χ1v) is 25.1. The summed E-state index contributed by atoms with van der Waals surface area (Å²) in [5.41, 5.74) is 26.7. The van der Waals surface area contributed by atoms with Crippen molar-refractivity contribution in [1.82, 2.24) is 9.13 Å². The van der Waals surface area contributed by atoms with Gasteiger partial charge >= 0.3 is 0 Å². The highest BCUT2D eigenvalue weighted by molar-refractivity contribution is 6.11. The Balaban J connectivity index is 0.749. The van der Waals surface area contributed by atoms with E-state index in [9.17, 15) is 0 Å². The molecule has 2 aliphatic carbocycles. The molecule has 0 N–H and O–H groups in total. The van der Waals surface area contributed by atoms with Crippen LogP contribution in [0.2, 0.25) is 0 Å². The summed E-state index contributed by atoms with van der Waals surface area (Å²) in [6, 6.07) is 79.4. The summed E-state index contributed by atoms with van der Waals surface area (Å²) in [6.45, 7) is 11.8. The number of hydrogen-bond donors (Lipinski definition) is 0. The zero-order chi connectivity index (χ0) is 47.8. The van der Waals surface area contributed by atoms with Gasteiger partial charge in [0.15, 0.2) is 0 Å². The molecule has 0 saturated heterocycles. The number of nitrogens with zero attached hydrogens (tertiary/aromatic N) is 2. The molecular weight excluding hydrogens is 857 g/mol. The summed E-state index contributed by atoms with van der Waals surface area (Å²) < 4.78 is 4.77. The number of aromatic nitrogens is 2. The molecule has 338 valence electrons. The van der Waals surface area contributed by atoms with Crippen LogP contribution in [0.5, 0.6) is 0 Å². The first kappa shape index (κ1) is 41.5. The molecule has 2 aliphatic rings. The fraction of sp³-hybridized carbons (Fsp3) is 0.101. The van der Waals surface area contributed by atoms with Crippen LogP contribution in [0.25, 0.3) is 112 Å². The Kier molecular flexibility index (Phi) is 8.93. The Labute approximate surface area is 415 Å². The Hall–Kier alpha value is -8.46. The summed E-state index contributed by atoms with van der Waals surface area (Å²) in [4.78, 5) is 0. The molecule has 0 fully saturated rings. The zero-order valence-electron chi connectivity index (χ0n) is 40.8. The van der Waals surface area contributed by atoms with Crippen LogP contribution in [0.1, 0.15) is 66.6 Å². The lowest BCUT2D eigenvalue weighted by atomic mass is 9.79. The minimum Gasteiger partial charge on any atom is -0.309 e.